The molecule has 0 saturated carbocycles. The van der Waals surface area contributed by atoms with Crippen LogP contribution < -0.4 is 0 Å². The summed E-state index contributed by atoms with van der Waals surface area (Å²) in [5.41, 5.74) is 0. The maximum atomic E-state index is 9.23. The number of hydrogen-bond acceptors (Lipinski definition) is 2. The summed E-state index contributed by atoms with van der Waals surface area (Å²) in [4.78, 5) is 0. The minimum atomic E-state index is -0.185. The third-order valence-electron chi connectivity index (χ3n) is 3.17. The summed E-state index contributed by atoms with van der Waals surface area (Å²) in [5.74, 6) is 1.30. The fourth-order valence-electron chi connectivity index (χ4n) is 2.17. The Bertz CT molecular complexity index is 123. The molecule has 2 N–H and O–H groups in total. The summed E-state index contributed by atoms with van der Waals surface area (Å²) in [7, 11) is 0. The van der Waals surface area contributed by atoms with Crippen LogP contribution in [-0.2, 0) is 0 Å². The highest BCUT2D eigenvalue weighted by molar-refractivity contribution is 4.69. The van der Waals surface area contributed by atoms with E-state index < -0.39 is 0 Å². The lowest BCUT2D eigenvalue weighted by Crippen LogP contribution is -2.17. The van der Waals surface area contributed by atoms with E-state index >= 15 is 0 Å². The van der Waals surface area contributed by atoms with Crippen molar-refractivity contribution in [3.8, 4) is 0 Å². The molecule has 0 bridgehead atoms. The van der Waals surface area contributed by atoms with E-state index in [4.69, 9.17) is 5.11 Å². The zero-order valence-electron chi connectivity index (χ0n) is 9.87. The molecule has 86 valence electrons. The second-order valence-electron chi connectivity index (χ2n) is 4.28. The van der Waals surface area contributed by atoms with Crippen LogP contribution in [0.1, 0.15) is 52.9 Å². The highest BCUT2D eigenvalue weighted by Crippen LogP contribution is 2.27. The second-order valence-corrected chi connectivity index (χ2v) is 4.28. The largest absolute Gasteiger partial charge is 0.396 e. The van der Waals surface area contributed by atoms with E-state index in [0.717, 1.165) is 32.1 Å². The summed E-state index contributed by atoms with van der Waals surface area (Å²) in [6, 6.07) is 0. The molecule has 3 unspecified atom stereocenters. The normalized spacial score (nSPS) is 17.8. The van der Waals surface area contributed by atoms with Gasteiger partial charge in [0.15, 0.2) is 0 Å². The molecular weight excluding hydrogens is 176 g/mol. The van der Waals surface area contributed by atoms with Crippen LogP contribution in [0.15, 0.2) is 0 Å². The fourth-order valence-corrected chi connectivity index (χ4v) is 2.17. The lowest BCUT2D eigenvalue weighted by Gasteiger charge is -2.25. The molecule has 14 heavy (non-hydrogen) atoms. The summed E-state index contributed by atoms with van der Waals surface area (Å²) in [6.07, 6.45) is 5.00. The van der Waals surface area contributed by atoms with Gasteiger partial charge in [0.25, 0.3) is 0 Å². The smallest absolute Gasteiger partial charge is 0.0512 e. The quantitative estimate of drug-likeness (QED) is 0.635. The molecule has 0 amide bonds. The van der Waals surface area contributed by atoms with Crippen LogP contribution in [0.25, 0.3) is 0 Å². The minimum Gasteiger partial charge on any atom is -0.396 e. The van der Waals surface area contributed by atoms with Crippen LogP contribution in [0.3, 0.4) is 0 Å². The van der Waals surface area contributed by atoms with Gasteiger partial charge in [-0.3, -0.25) is 0 Å². The van der Waals surface area contributed by atoms with Gasteiger partial charge in [0.1, 0.15) is 0 Å². The summed E-state index contributed by atoms with van der Waals surface area (Å²) in [6.45, 7) is 6.53. The number of aliphatic hydroxyl groups is 2. The molecule has 0 rings (SSSR count). The van der Waals surface area contributed by atoms with E-state index in [1.165, 1.54) is 0 Å². The molecular formula is C12H26O2. The van der Waals surface area contributed by atoms with Crippen LogP contribution in [0.2, 0.25) is 0 Å². The van der Waals surface area contributed by atoms with Gasteiger partial charge in [-0.25, -0.2) is 0 Å². The lowest BCUT2D eigenvalue weighted by molar-refractivity contribution is 0.151. The second kappa shape index (κ2) is 8.25. The average molecular weight is 202 g/mol. The minimum absolute atomic E-state index is 0.185. The van der Waals surface area contributed by atoms with E-state index in [-0.39, 0.29) is 6.10 Å². The topological polar surface area (TPSA) is 40.5 Å². The van der Waals surface area contributed by atoms with Crippen molar-refractivity contribution < 1.29 is 10.2 Å². The predicted octanol–water partition coefficient (Wildman–Crippen LogP) is 2.58. The SMILES string of the molecule is CCC(CCO)C(CC)CCC(C)O. The van der Waals surface area contributed by atoms with Crippen LogP contribution >= 0.6 is 0 Å². The molecule has 0 aliphatic heterocycles. The Hall–Kier alpha value is -0.0800. The molecule has 0 saturated heterocycles. The van der Waals surface area contributed by atoms with Crippen molar-refractivity contribution in [3.05, 3.63) is 0 Å². The Morgan fingerprint density at radius 2 is 1.43 bits per heavy atom. The van der Waals surface area contributed by atoms with Crippen molar-refractivity contribution in [2.45, 2.75) is 59.0 Å². The molecule has 0 radical (unpaired) electrons. The first-order valence-electron chi connectivity index (χ1n) is 5.94. The Balaban J connectivity index is 3.94. The van der Waals surface area contributed by atoms with Gasteiger partial charge in [0, 0.05) is 6.61 Å². The average Bonchev–Trinajstić information content (AvgIpc) is 2.16. The molecule has 0 aromatic rings. The molecule has 2 nitrogen and oxygen atoms in total. The number of rotatable bonds is 8. The number of aliphatic hydroxyl groups excluding tert-OH is 2. The van der Waals surface area contributed by atoms with E-state index in [0.29, 0.717) is 18.4 Å². The maximum absolute atomic E-state index is 9.23. The zero-order chi connectivity index (χ0) is 11.0. The van der Waals surface area contributed by atoms with Crippen molar-refractivity contribution in [3.63, 3.8) is 0 Å². The van der Waals surface area contributed by atoms with Gasteiger partial charge < -0.3 is 10.2 Å². The highest BCUT2D eigenvalue weighted by atomic mass is 16.3. The predicted molar refractivity (Wildman–Crippen MR) is 60.2 cm³/mol. The van der Waals surface area contributed by atoms with Gasteiger partial charge in [-0.1, -0.05) is 26.7 Å². The fraction of sp³-hybridized carbons (Fsp3) is 1.00. The van der Waals surface area contributed by atoms with Crippen molar-refractivity contribution in [1.29, 1.82) is 0 Å². The molecule has 0 aromatic heterocycles. The third kappa shape index (κ3) is 5.61. The molecule has 0 fully saturated rings. The summed E-state index contributed by atoms with van der Waals surface area (Å²) >= 11 is 0. The molecule has 0 heterocycles. The first kappa shape index (κ1) is 13.9. The van der Waals surface area contributed by atoms with Gasteiger partial charge in [-0.2, -0.15) is 0 Å². The van der Waals surface area contributed by atoms with E-state index in [1.807, 2.05) is 6.92 Å². The van der Waals surface area contributed by atoms with Gasteiger partial charge in [0.2, 0.25) is 0 Å². The number of hydrogen-bond donors (Lipinski definition) is 2. The van der Waals surface area contributed by atoms with E-state index in [1.54, 1.807) is 0 Å². The molecule has 0 aromatic carbocycles. The van der Waals surface area contributed by atoms with Gasteiger partial charge in [0.05, 0.1) is 6.10 Å². The van der Waals surface area contributed by atoms with E-state index in [9.17, 15) is 5.11 Å². The molecule has 0 spiro atoms. The molecule has 0 aliphatic rings. The van der Waals surface area contributed by atoms with Crippen LogP contribution in [0.5, 0.6) is 0 Å². The standard InChI is InChI=1S/C12H26O2/c1-4-11(7-6-10(3)14)12(5-2)8-9-13/h10-14H,4-9H2,1-3H3. The molecule has 0 aliphatic carbocycles. The van der Waals surface area contributed by atoms with Gasteiger partial charge >= 0.3 is 0 Å². The van der Waals surface area contributed by atoms with Crippen molar-refractivity contribution >= 4 is 0 Å². The Morgan fingerprint density at radius 3 is 1.79 bits per heavy atom. The highest BCUT2D eigenvalue weighted by Gasteiger charge is 2.17. The van der Waals surface area contributed by atoms with Crippen molar-refractivity contribution in [2.75, 3.05) is 6.61 Å². The van der Waals surface area contributed by atoms with E-state index in [2.05, 4.69) is 13.8 Å². The summed E-state index contributed by atoms with van der Waals surface area (Å²) in [5, 5.41) is 18.2. The first-order chi connectivity index (χ1) is 6.65. The van der Waals surface area contributed by atoms with Gasteiger partial charge in [-0.15, -0.1) is 0 Å². The maximum Gasteiger partial charge on any atom is 0.0512 e. The zero-order valence-corrected chi connectivity index (χ0v) is 9.87. The van der Waals surface area contributed by atoms with Gasteiger partial charge in [-0.05, 0) is 38.0 Å². The summed E-state index contributed by atoms with van der Waals surface area (Å²) < 4.78 is 0. The Kier molecular flexibility index (Phi) is 8.20. The molecule has 2 heteroatoms. The van der Waals surface area contributed by atoms with Crippen LogP contribution in [0.4, 0.5) is 0 Å². The lowest BCUT2D eigenvalue weighted by atomic mass is 9.82. The Morgan fingerprint density at radius 1 is 0.929 bits per heavy atom. The monoisotopic (exact) mass is 202 g/mol. The van der Waals surface area contributed by atoms with Crippen LogP contribution in [0, 0.1) is 11.8 Å². The van der Waals surface area contributed by atoms with Crippen molar-refractivity contribution in [2.24, 2.45) is 11.8 Å². The first-order valence-corrected chi connectivity index (χ1v) is 5.94. The molecule has 3 atom stereocenters. The third-order valence-corrected chi connectivity index (χ3v) is 3.17. The Labute approximate surface area is 88.3 Å². The van der Waals surface area contributed by atoms with Crippen molar-refractivity contribution in [1.82, 2.24) is 0 Å². The van der Waals surface area contributed by atoms with Crippen LogP contribution in [-0.4, -0.2) is 22.9 Å².